The molecule has 0 spiro atoms. The smallest absolute Gasteiger partial charge is 0.407 e. The van der Waals surface area contributed by atoms with Gasteiger partial charge in [0, 0.05) is 12.6 Å². The van der Waals surface area contributed by atoms with Crippen molar-refractivity contribution in [3.05, 3.63) is 0 Å². The SMILES string of the molecule is CC(C)(C)OC(=O)NC[C@@H]1CC[C@H]1N. The third-order valence-corrected chi connectivity index (χ3v) is 2.38. The predicted molar refractivity (Wildman–Crippen MR) is 54.9 cm³/mol. The molecule has 82 valence electrons. The Balaban J connectivity index is 2.15. The van der Waals surface area contributed by atoms with Crippen molar-refractivity contribution >= 4 is 6.09 Å². The number of nitrogens with two attached hydrogens (primary N) is 1. The second kappa shape index (κ2) is 4.17. The Hall–Kier alpha value is -0.770. The molecule has 0 bridgehead atoms. The van der Waals surface area contributed by atoms with Crippen LogP contribution in [0.5, 0.6) is 0 Å². The highest BCUT2D eigenvalue weighted by Crippen LogP contribution is 2.24. The van der Waals surface area contributed by atoms with Crippen molar-refractivity contribution in [1.29, 1.82) is 0 Å². The zero-order valence-corrected chi connectivity index (χ0v) is 9.17. The maximum absolute atomic E-state index is 11.2. The van der Waals surface area contributed by atoms with Crippen molar-refractivity contribution in [1.82, 2.24) is 5.32 Å². The van der Waals surface area contributed by atoms with Crippen LogP contribution in [-0.2, 0) is 4.74 Å². The zero-order valence-electron chi connectivity index (χ0n) is 9.17. The lowest BCUT2D eigenvalue weighted by molar-refractivity contribution is 0.0506. The maximum Gasteiger partial charge on any atom is 0.407 e. The van der Waals surface area contributed by atoms with Crippen molar-refractivity contribution in [2.75, 3.05) is 6.54 Å². The van der Waals surface area contributed by atoms with Gasteiger partial charge in [0.15, 0.2) is 0 Å². The van der Waals surface area contributed by atoms with Crippen LogP contribution in [0.25, 0.3) is 0 Å². The molecule has 14 heavy (non-hydrogen) atoms. The number of nitrogens with one attached hydrogen (secondary N) is 1. The molecule has 1 saturated carbocycles. The van der Waals surface area contributed by atoms with Crippen molar-refractivity contribution in [2.45, 2.75) is 45.3 Å². The van der Waals surface area contributed by atoms with Crippen molar-refractivity contribution in [3.8, 4) is 0 Å². The van der Waals surface area contributed by atoms with E-state index in [1.807, 2.05) is 20.8 Å². The van der Waals surface area contributed by atoms with Gasteiger partial charge in [-0.25, -0.2) is 4.79 Å². The summed E-state index contributed by atoms with van der Waals surface area (Å²) in [5.74, 6) is 0.433. The summed E-state index contributed by atoms with van der Waals surface area (Å²) in [6.07, 6.45) is 1.83. The number of carbonyl (C=O) groups excluding carboxylic acids is 1. The van der Waals surface area contributed by atoms with E-state index in [-0.39, 0.29) is 12.1 Å². The molecule has 0 aromatic carbocycles. The number of ether oxygens (including phenoxy) is 1. The molecule has 1 amide bonds. The Morgan fingerprint density at radius 2 is 2.14 bits per heavy atom. The van der Waals surface area contributed by atoms with E-state index >= 15 is 0 Å². The van der Waals surface area contributed by atoms with Gasteiger partial charge in [0.1, 0.15) is 5.60 Å². The van der Waals surface area contributed by atoms with Gasteiger partial charge in [-0.05, 0) is 39.5 Å². The van der Waals surface area contributed by atoms with Gasteiger partial charge in [0.25, 0.3) is 0 Å². The van der Waals surface area contributed by atoms with E-state index in [0.29, 0.717) is 12.5 Å². The number of hydrogen-bond donors (Lipinski definition) is 2. The molecule has 4 heteroatoms. The molecular formula is C10H20N2O2. The quantitative estimate of drug-likeness (QED) is 0.705. The molecule has 2 atom stereocenters. The molecule has 0 heterocycles. The average molecular weight is 200 g/mol. The summed E-state index contributed by atoms with van der Waals surface area (Å²) in [5, 5.41) is 2.73. The summed E-state index contributed by atoms with van der Waals surface area (Å²) in [5.41, 5.74) is 5.32. The molecule has 0 aliphatic heterocycles. The van der Waals surface area contributed by atoms with Crippen molar-refractivity contribution in [3.63, 3.8) is 0 Å². The third-order valence-electron chi connectivity index (χ3n) is 2.38. The Morgan fingerprint density at radius 3 is 2.50 bits per heavy atom. The van der Waals surface area contributed by atoms with Gasteiger partial charge in [-0.2, -0.15) is 0 Å². The van der Waals surface area contributed by atoms with Crippen molar-refractivity contribution in [2.24, 2.45) is 11.7 Å². The molecule has 4 nitrogen and oxygen atoms in total. The first-order valence-electron chi connectivity index (χ1n) is 5.11. The summed E-state index contributed by atoms with van der Waals surface area (Å²) in [6, 6.07) is 0.255. The van der Waals surface area contributed by atoms with E-state index in [9.17, 15) is 4.79 Å². The Morgan fingerprint density at radius 1 is 1.50 bits per heavy atom. The summed E-state index contributed by atoms with van der Waals surface area (Å²) >= 11 is 0. The molecule has 0 aromatic heterocycles. The van der Waals surface area contributed by atoms with Gasteiger partial charge in [-0.15, -0.1) is 0 Å². The fourth-order valence-corrected chi connectivity index (χ4v) is 1.38. The van der Waals surface area contributed by atoms with Crippen LogP contribution in [0, 0.1) is 5.92 Å². The van der Waals surface area contributed by atoms with E-state index < -0.39 is 5.60 Å². The lowest BCUT2D eigenvalue weighted by atomic mass is 9.80. The van der Waals surface area contributed by atoms with Gasteiger partial charge >= 0.3 is 6.09 Å². The molecule has 0 aromatic rings. The van der Waals surface area contributed by atoms with E-state index in [1.165, 1.54) is 0 Å². The third kappa shape index (κ3) is 3.54. The van der Waals surface area contributed by atoms with Gasteiger partial charge in [-0.3, -0.25) is 0 Å². The summed E-state index contributed by atoms with van der Waals surface area (Å²) < 4.78 is 5.10. The highest BCUT2D eigenvalue weighted by atomic mass is 16.6. The molecule has 1 fully saturated rings. The second-order valence-electron chi connectivity index (χ2n) is 4.88. The molecule has 1 aliphatic rings. The minimum Gasteiger partial charge on any atom is -0.444 e. The number of hydrogen-bond acceptors (Lipinski definition) is 3. The summed E-state index contributed by atoms with van der Waals surface area (Å²) in [7, 11) is 0. The Labute approximate surface area is 85.2 Å². The molecule has 3 N–H and O–H groups in total. The normalized spacial score (nSPS) is 26.6. The van der Waals surface area contributed by atoms with E-state index in [2.05, 4.69) is 5.32 Å². The van der Waals surface area contributed by atoms with E-state index in [1.54, 1.807) is 0 Å². The molecular weight excluding hydrogens is 180 g/mol. The Kier molecular flexibility index (Phi) is 3.37. The van der Waals surface area contributed by atoms with Crippen LogP contribution in [0.1, 0.15) is 33.6 Å². The van der Waals surface area contributed by atoms with Crippen LogP contribution in [0.3, 0.4) is 0 Å². The molecule has 0 saturated heterocycles. The van der Waals surface area contributed by atoms with Crippen LogP contribution < -0.4 is 11.1 Å². The number of carbonyl (C=O) groups is 1. The maximum atomic E-state index is 11.2. The first-order chi connectivity index (χ1) is 6.38. The van der Waals surface area contributed by atoms with Gasteiger partial charge < -0.3 is 15.8 Å². The summed E-state index contributed by atoms with van der Waals surface area (Å²) in [6.45, 7) is 6.18. The molecule has 1 rings (SSSR count). The monoisotopic (exact) mass is 200 g/mol. The van der Waals surface area contributed by atoms with Gasteiger partial charge in [0.05, 0.1) is 0 Å². The topological polar surface area (TPSA) is 64.3 Å². The predicted octanol–water partition coefficient (Wildman–Crippen LogP) is 1.25. The first-order valence-corrected chi connectivity index (χ1v) is 5.11. The van der Waals surface area contributed by atoms with Crippen LogP contribution in [0.15, 0.2) is 0 Å². The fourth-order valence-electron chi connectivity index (χ4n) is 1.38. The molecule has 0 radical (unpaired) electrons. The standard InChI is InChI=1S/C10H20N2O2/c1-10(2,3)14-9(13)12-6-7-4-5-8(7)11/h7-8H,4-6,11H2,1-3H3,(H,12,13)/t7-,8+/m0/s1. The lowest BCUT2D eigenvalue weighted by Crippen LogP contribution is -2.46. The van der Waals surface area contributed by atoms with Crippen LogP contribution >= 0.6 is 0 Å². The van der Waals surface area contributed by atoms with Gasteiger partial charge in [0.2, 0.25) is 0 Å². The zero-order chi connectivity index (χ0) is 10.8. The fraction of sp³-hybridized carbons (Fsp3) is 0.900. The first kappa shape index (κ1) is 11.3. The van der Waals surface area contributed by atoms with Gasteiger partial charge in [-0.1, -0.05) is 0 Å². The number of alkyl carbamates (subject to hydrolysis) is 1. The van der Waals surface area contributed by atoms with Crippen LogP contribution in [0.4, 0.5) is 4.79 Å². The van der Waals surface area contributed by atoms with E-state index in [4.69, 9.17) is 10.5 Å². The minimum atomic E-state index is -0.425. The van der Waals surface area contributed by atoms with Crippen LogP contribution in [0.2, 0.25) is 0 Å². The minimum absolute atomic E-state index is 0.255. The highest BCUT2D eigenvalue weighted by Gasteiger charge is 2.28. The largest absolute Gasteiger partial charge is 0.444 e. The van der Waals surface area contributed by atoms with Crippen molar-refractivity contribution < 1.29 is 9.53 Å². The molecule has 1 aliphatic carbocycles. The summed E-state index contributed by atoms with van der Waals surface area (Å²) in [4.78, 5) is 11.2. The second-order valence-corrected chi connectivity index (χ2v) is 4.88. The lowest BCUT2D eigenvalue weighted by Gasteiger charge is -2.33. The van der Waals surface area contributed by atoms with E-state index in [0.717, 1.165) is 12.8 Å². The number of rotatable bonds is 2. The molecule has 0 unspecified atom stereocenters. The average Bonchev–Trinajstić information content (AvgIpc) is 1.98. The number of amides is 1. The highest BCUT2D eigenvalue weighted by molar-refractivity contribution is 5.67. The van der Waals surface area contributed by atoms with Crippen LogP contribution in [-0.4, -0.2) is 24.3 Å². The Bertz CT molecular complexity index is 211.